The van der Waals surface area contributed by atoms with Crippen LogP contribution in [0.1, 0.15) is 28.8 Å². The Bertz CT molecular complexity index is 894. The van der Waals surface area contributed by atoms with Crippen LogP contribution in [-0.4, -0.2) is 48.1 Å². The molecule has 0 bridgehead atoms. The number of nitrogens with zero attached hydrogens (tertiary/aromatic N) is 2. The molecule has 0 aliphatic carbocycles. The fourth-order valence-corrected chi connectivity index (χ4v) is 4.38. The summed E-state index contributed by atoms with van der Waals surface area (Å²) in [5.74, 6) is -0.708. The van der Waals surface area contributed by atoms with Gasteiger partial charge in [0.05, 0.1) is 17.5 Å². The molecule has 1 aromatic heterocycles. The van der Waals surface area contributed by atoms with Crippen molar-refractivity contribution in [1.29, 1.82) is 0 Å². The summed E-state index contributed by atoms with van der Waals surface area (Å²) < 4.78 is 25.2. The van der Waals surface area contributed by atoms with Crippen LogP contribution in [0.5, 0.6) is 0 Å². The van der Waals surface area contributed by atoms with E-state index in [1.54, 1.807) is 34.8 Å². The maximum absolute atomic E-state index is 11.8. The summed E-state index contributed by atoms with van der Waals surface area (Å²) >= 11 is 0. The lowest BCUT2D eigenvalue weighted by Crippen LogP contribution is -2.39. The molecule has 0 amide bonds. The Kier molecular flexibility index (Phi) is 5.38. The lowest BCUT2D eigenvalue weighted by atomic mass is 9.90. The van der Waals surface area contributed by atoms with Crippen molar-refractivity contribution in [1.82, 2.24) is 9.29 Å². The number of hydrogen-bond acceptors (Lipinski definition) is 4. The third kappa shape index (κ3) is 4.28. The molecule has 0 saturated carbocycles. The Morgan fingerprint density at radius 3 is 2.65 bits per heavy atom. The second kappa shape index (κ2) is 7.55. The summed E-state index contributed by atoms with van der Waals surface area (Å²) in [6.45, 7) is 1.12. The minimum atomic E-state index is -3.16. The first-order valence-corrected chi connectivity index (χ1v) is 10.4. The van der Waals surface area contributed by atoms with Crippen molar-refractivity contribution in [2.24, 2.45) is 5.92 Å². The highest BCUT2D eigenvalue weighted by molar-refractivity contribution is 7.88. The third-order valence-corrected chi connectivity index (χ3v) is 6.03. The number of rotatable bonds is 5. The van der Waals surface area contributed by atoms with Gasteiger partial charge in [-0.25, -0.2) is 17.5 Å². The number of sulfonamides is 1. The normalized spacial score (nSPS) is 18.6. The molecular weight excluding hydrogens is 352 g/mol. The highest BCUT2D eigenvalue weighted by Gasteiger charge is 2.26. The Labute approximate surface area is 153 Å². The fourth-order valence-electron chi connectivity index (χ4n) is 3.44. The van der Waals surface area contributed by atoms with Gasteiger partial charge >= 0.3 is 5.97 Å². The predicted octanol–water partition coefficient (Wildman–Crippen LogP) is 2.66. The van der Waals surface area contributed by atoms with Crippen molar-refractivity contribution in [2.75, 3.05) is 19.3 Å². The second-order valence-corrected chi connectivity index (χ2v) is 8.71. The molecular formula is C19H22N2O4S. The molecule has 1 aliphatic rings. The first kappa shape index (κ1) is 18.5. The molecule has 6 nitrogen and oxygen atoms in total. The summed E-state index contributed by atoms with van der Waals surface area (Å²) in [7, 11) is -3.16. The SMILES string of the molecule is CS(=O)(=O)N1CCC[C@H](Cc2cccnc2-c2ccc(C(=O)O)cc2)C1. The zero-order valence-electron chi connectivity index (χ0n) is 14.6. The summed E-state index contributed by atoms with van der Waals surface area (Å²) in [5, 5.41) is 9.04. The Balaban J connectivity index is 1.82. The predicted molar refractivity (Wildman–Crippen MR) is 99.5 cm³/mol. The fraction of sp³-hybridized carbons (Fsp3) is 0.368. The van der Waals surface area contributed by atoms with Gasteiger partial charge in [0.25, 0.3) is 0 Å². The Hall–Kier alpha value is -2.25. The van der Waals surface area contributed by atoms with E-state index in [4.69, 9.17) is 5.11 Å². The molecule has 3 rings (SSSR count). The summed E-state index contributed by atoms with van der Waals surface area (Å²) in [6, 6.07) is 10.6. The van der Waals surface area contributed by atoms with Crippen LogP contribution in [0.15, 0.2) is 42.6 Å². The first-order valence-electron chi connectivity index (χ1n) is 8.57. The van der Waals surface area contributed by atoms with E-state index < -0.39 is 16.0 Å². The molecule has 0 radical (unpaired) electrons. The summed E-state index contributed by atoms with van der Waals surface area (Å²) in [6.07, 6.45) is 5.57. The van der Waals surface area contributed by atoms with Crippen molar-refractivity contribution < 1.29 is 18.3 Å². The van der Waals surface area contributed by atoms with Gasteiger partial charge < -0.3 is 5.11 Å². The van der Waals surface area contributed by atoms with E-state index in [0.29, 0.717) is 13.1 Å². The Morgan fingerprint density at radius 2 is 2.00 bits per heavy atom. The Morgan fingerprint density at radius 1 is 1.27 bits per heavy atom. The van der Waals surface area contributed by atoms with Crippen molar-refractivity contribution in [3.05, 3.63) is 53.7 Å². The van der Waals surface area contributed by atoms with E-state index in [1.165, 1.54) is 6.26 Å². The zero-order valence-corrected chi connectivity index (χ0v) is 15.4. The van der Waals surface area contributed by atoms with E-state index in [-0.39, 0.29) is 11.5 Å². The van der Waals surface area contributed by atoms with Crippen LogP contribution in [0, 0.1) is 5.92 Å². The highest BCUT2D eigenvalue weighted by Crippen LogP contribution is 2.28. The van der Waals surface area contributed by atoms with Gasteiger partial charge in [0.1, 0.15) is 0 Å². The number of aromatic nitrogens is 1. The zero-order chi connectivity index (χ0) is 18.7. The van der Waals surface area contributed by atoms with E-state index in [1.807, 2.05) is 12.1 Å². The number of benzene rings is 1. The number of hydrogen-bond donors (Lipinski definition) is 1. The second-order valence-electron chi connectivity index (χ2n) is 6.73. The monoisotopic (exact) mass is 374 g/mol. The highest BCUT2D eigenvalue weighted by atomic mass is 32.2. The minimum Gasteiger partial charge on any atom is -0.478 e. The van der Waals surface area contributed by atoms with Gasteiger partial charge in [0, 0.05) is 24.8 Å². The molecule has 138 valence electrons. The standard InChI is InChI=1S/C19H22N2O4S/c1-26(24,25)21-11-3-4-14(13-21)12-17-5-2-10-20-18(17)15-6-8-16(9-7-15)19(22)23/h2,5-10,14H,3-4,11-13H2,1H3,(H,22,23)/t14-/m1/s1. The van der Waals surface area contributed by atoms with Crippen molar-refractivity contribution in [3.8, 4) is 11.3 Å². The number of carbonyl (C=O) groups is 1. The number of piperidine rings is 1. The third-order valence-electron chi connectivity index (χ3n) is 4.76. The van der Waals surface area contributed by atoms with Crippen LogP contribution < -0.4 is 0 Å². The molecule has 2 heterocycles. The molecule has 0 unspecified atom stereocenters. The smallest absolute Gasteiger partial charge is 0.335 e. The molecule has 1 aliphatic heterocycles. The molecule has 2 aromatic rings. The van der Waals surface area contributed by atoms with Gasteiger partial charge in [-0.1, -0.05) is 18.2 Å². The average Bonchev–Trinajstić information content (AvgIpc) is 2.62. The number of carboxylic acids is 1. The van der Waals surface area contributed by atoms with E-state index in [0.717, 1.165) is 36.1 Å². The minimum absolute atomic E-state index is 0.238. The molecule has 26 heavy (non-hydrogen) atoms. The average molecular weight is 374 g/mol. The lowest BCUT2D eigenvalue weighted by Gasteiger charge is -2.31. The van der Waals surface area contributed by atoms with Gasteiger partial charge in [-0.2, -0.15) is 0 Å². The molecule has 1 saturated heterocycles. The van der Waals surface area contributed by atoms with Crippen LogP contribution in [-0.2, 0) is 16.4 Å². The largest absolute Gasteiger partial charge is 0.478 e. The number of carboxylic acid groups (broad SMARTS) is 1. The molecule has 1 N–H and O–H groups in total. The molecule has 1 atom stereocenters. The van der Waals surface area contributed by atoms with Crippen molar-refractivity contribution in [2.45, 2.75) is 19.3 Å². The molecule has 0 spiro atoms. The van der Waals surface area contributed by atoms with Gasteiger partial charge in [0.2, 0.25) is 10.0 Å². The maximum atomic E-state index is 11.8. The van der Waals surface area contributed by atoms with Crippen LogP contribution in [0.2, 0.25) is 0 Å². The van der Waals surface area contributed by atoms with E-state index in [2.05, 4.69) is 4.98 Å². The van der Waals surface area contributed by atoms with Gasteiger partial charge in [0.15, 0.2) is 0 Å². The quantitative estimate of drug-likeness (QED) is 0.869. The van der Waals surface area contributed by atoms with Crippen molar-refractivity contribution >= 4 is 16.0 Å². The summed E-state index contributed by atoms with van der Waals surface area (Å²) in [4.78, 5) is 15.5. The van der Waals surface area contributed by atoms with E-state index in [9.17, 15) is 13.2 Å². The molecule has 1 aromatic carbocycles. The first-order chi connectivity index (χ1) is 12.3. The van der Waals surface area contributed by atoms with Crippen LogP contribution >= 0.6 is 0 Å². The maximum Gasteiger partial charge on any atom is 0.335 e. The van der Waals surface area contributed by atoms with Gasteiger partial charge in [-0.3, -0.25) is 4.98 Å². The molecule has 1 fully saturated rings. The number of aromatic carboxylic acids is 1. The van der Waals surface area contributed by atoms with Crippen LogP contribution in [0.3, 0.4) is 0 Å². The lowest BCUT2D eigenvalue weighted by molar-refractivity contribution is 0.0697. The van der Waals surface area contributed by atoms with Gasteiger partial charge in [-0.05, 0) is 48.9 Å². The summed E-state index contributed by atoms with van der Waals surface area (Å²) in [5.41, 5.74) is 2.97. The van der Waals surface area contributed by atoms with E-state index >= 15 is 0 Å². The number of pyridine rings is 1. The molecule has 7 heteroatoms. The van der Waals surface area contributed by atoms with Gasteiger partial charge in [-0.15, -0.1) is 0 Å². The van der Waals surface area contributed by atoms with Crippen LogP contribution in [0.25, 0.3) is 11.3 Å². The van der Waals surface area contributed by atoms with Crippen molar-refractivity contribution in [3.63, 3.8) is 0 Å². The van der Waals surface area contributed by atoms with Crippen LogP contribution in [0.4, 0.5) is 0 Å². The topological polar surface area (TPSA) is 87.6 Å².